The fraction of sp³-hybridized carbons (Fsp3) is 0.100. The number of rotatable bonds is 4. The Morgan fingerprint density at radius 2 is 1.24 bits per heavy atom. The van der Waals surface area contributed by atoms with Crippen molar-refractivity contribution in [3.63, 3.8) is 0 Å². The van der Waals surface area contributed by atoms with Gasteiger partial charge in [-0.25, -0.2) is 0 Å². The molecule has 1 nitrogen and oxygen atoms in total. The van der Waals surface area contributed by atoms with Gasteiger partial charge in [-0.1, -0.05) is 67.6 Å². The van der Waals surface area contributed by atoms with Crippen LogP contribution in [-0.4, -0.2) is 4.98 Å². The first-order valence-corrected chi connectivity index (χ1v) is 11.2. The zero-order chi connectivity index (χ0) is 23.7. The van der Waals surface area contributed by atoms with E-state index in [1.54, 1.807) is 6.20 Å². The molecular weight excluding hydrogens is 431 g/mol. The number of benzene rings is 4. The molecule has 0 radical (unpaired) electrons. The molecule has 0 amide bonds. The maximum Gasteiger partial charge on any atom is 0.416 e. The van der Waals surface area contributed by atoms with Crippen LogP contribution in [0.3, 0.4) is 0 Å². The Morgan fingerprint density at radius 3 is 1.82 bits per heavy atom. The number of aryl methyl sites for hydroxylation is 1. The summed E-state index contributed by atoms with van der Waals surface area (Å²) in [5.74, 6) is 0. The quantitative estimate of drug-likeness (QED) is 0.265. The maximum absolute atomic E-state index is 13.4. The molecule has 1 aromatic heterocycles. The van der Waals surface area contributed by atoms with Crippen molar-refractivity contribution in [2.45, 2.75) is 19.5 Å². The van der Waals surface area contributed by atoms with Crippen LogP contribution in [0.25, 0.3) is 44.2 Å². The predicted molar refractivity (Wildman–Crippen MR) is 132 cm³/mol. The van der Waals surface area contributed by atoms with Crippen LogP contribution in [0.2, 0.25) is 0 Å². The molecule has 0 fully saturated rings. The summed E-state index contributed by atoms with van der Waals surface area (Å²) in [5.41, 5.74) is 5.71. The van der Waals surface area contributed by atoms with Gasteiger partial charge in [0.15, 0.2) is 0 Å². The number of halogens is 3. The molecule has 1 heterocycles. The van der Waals surface area contributed by atoms with Gasteiger partial charge in [-0.2, -0.15) is 13.2 Å². The minimum Gasteiger partial charge on any atom is -0.264 e. The molecule has 0 aliphatic heterocycles. The summed E-state index contributed by atoms with van der Waals surface area (Å²) in [6.45, 7) is 1.87. The molecule has 0 N–H and O–H groups in total. The van der Waals surface area contributed by atoms with Crippen molar-refractivity contribution < 1.29 is 13.2 Å². The molecular formula is C30H22F3N. The van der Waals surface area contributed by atoms with Crippen LogP contribution < -0.4 is 0 Å². The van der Waals surface area contributed by atoms with Gasteiger partial charge in [0.2, 0.25) is 0 Å². The highest BCUT2D eigenvalue weighted by atomic mass is 19.4. The number of hydrogen-bond acceptors (Lipinski definition) is 1. The predicted octanol–water partition coefficient (Wildman–Crippen LogP) is 8.82. The molecule has 5 rings (SSSR count). The minimum absolute atomic E-state index is 0.545. The van der Waals surface area contributed by atoms with E-state index in [1.165, 1.54) is 12.1 Å². The van der Waals surface area contributed by atoms with E-state index in [-0.39, 0.29) is 0 Å². The summed E-state index contributed by atoms with van der Waals surface area (Å²) < 4.78 is 40.3. The van der Waals surface area contributed by atoms with Crippen molar-refractivity contribution in [1.82, 2.24) is 4.98 Å². The molecule has 0 bridgehead atoms. The SMILES string of the molecule is CCc1cc(-c2ccc3ccc(-c4ccc(-c5cccnc5)cc4)cc3c2)cc(C(F)(F)F)c1. The van der Waals surface area contributed by atoms with E-state index in [9.17, 15) is 13.2 Å². The fourth-order valence-corrected chi connectivity index (χ4v) is 4.22. The maximum atomic E-state index is 13.4. The van der Waals surface area contributed by atoms with Crippen molar-refractivity contribution in [2.24, 2.45) is 0 Å². The second-order valence-corrected chi connectivity index (χ2v) is 8.37. The fourth-order valence-electron chi connectivity index (χ4n) is 4.22. The lowest BCUT2D eigenvalue weighted by atomic mass is 9.94. The van der Waals surface area contributed by atoms with E-state index in [1.807, 2.05) is 55.6 Å². The Kier molecular flexibility index (Phi) is 5.66. The lowest BCUT2D eigenvalue weighted by molar-refractivity contribution is -0.137. The van der Waals surface area contributed by atoms with E-state index >= 15 is 0 Å². The highest BCUT2D eigenvalue weighted by Gasteiger charge is 2.31. The third-order valence-corrected chi connectivity index (χ3v) is 6.12. The molecule has 4 aromatic carbocycles. The van der Waals surface area contributed by atoms with Crippen LogP contribution in [0.5, 0.6) is 0 Å². The van der Waals surface area contributed by atoms with Crippen molar-refractivity contribution >= 4 is 10.8 Å². The molecule has 0 saturated heterocycles. The topological polar surface area (TPSA) is 12.9 Å². The van der Waals surface area contributed by atoms with Gasteiger partial charge in [-0.15, -0.1) is 0 Å². The van der Waals surface area contributed by atoms with Crippen LogP contribution in [0.4, 0.5) is 13.2 Å². The third-order valence-electron chi connectivity index (χ3n) is 6.12. The van der Waals surface area contributed by atoms with E-state index in [2.05, 4.69) is 41.4 Å². The Morgan fingerprint density at radius 1 is 0.618 bits per heavy atom. The second-order valence-electron chi connectivity index (χ2n) is 8.37. The third kappa shape index (κ3) is 4.44. The first-order valence-electron chi connectivity index (χ1n) is 11.2. The van der Waals surface area contributed by atoms with Gasteiger partial charge in [0, 0.05) is 12.4 Å². The van der Waals surface area contributed by atoms with Crippen LogP contribution in [0.15, 0.2) is 103 Å². The smallest absolute Gasteiger partial charge is 0.264 e. The standard InChI is InChI=1S/C30H22F3N/c1-2-20-14-27(18-29(15-20)30(31,32)33)25-12-10-23-9-11-24(16-28(23)17-25)21-5-7-22(8-6-21)26-4-3-13-34-19-26/h3-19H,2H2,1H3. The largest absolute Gasteiger partial charge is 0.416 e. The molecule has 34 heavy (non-hydrogen) atoms. The number of fused-ring (bicyclic) bond motifs is 1. The average Bonchev–Trinajstić information content (AvgIpc) is 2.88. The lowest BCUT2D eigenvalue weighted by Gasteiger charge is -2.13. The normalized spacial score (nSPS) is 11.6. The van der Waals surface area contributed by atoms with Crippen LogP contribution in [0.1, 0.15) is 18.1 Å². The van der Waals surface area contributed by atoms with E-state index in [0.717, 1.165) is 38.6 Å². The van der Waals surface area contributed by atoms with Crippen LogP contribution >= 0.6 is 0 Å². The van der Waals surface area contributed by atoms with Gasteiger partial charge in [0.1, 0.15) is 0 Å². The lowest BCUT2D eigenvalue weighted by Crippen LogP contribution is -2.06. The van der Waals surface area contributed by atoms with Gasteiger partial charge in [-0.3, -0.25) is 4.98 Å². The summed E-state index contributed by atoms with van der Waals surface area (Å²) in [6, 6.07) is 28.6. The van der Waals surface area contributed by atoms with Gasteiger partial charge >= 0.3 is 6.18 Å². The zero-order valence-electron chi connectivity index (χ0n) is 18.6. The van der Waals surface area contributed by atoms with Gasteiger partial charge < -0.3 is 0 Å². The Labute approximate surface area is 196 Å². The Balaban J connectivity index is 1.53. The summed E-state index contributed by atoms with van der Waals surface area (Å²) in [4.78, 5) is 4.18. The molecule has 0 aliphatic rings. The minimum atomic E-state index is -4.37. The van der Waals surface area contributed by atoms with Crippen molar-refractivity contribution in [3.05, 3.63) is 115 Å². The molecule has 0 atom stereocenters. The Bertz CT molecular complexity index is 1450. The van der Waals surface area contributed by atoms with Crippen molar-refractivity contribution in [1.29, 1.82) is 0 Å². The highest BCUT2D eigenvalue weighted by molar-refractivity contribution is 5.91. The van der Waals surface area contributed by atoms with Crippen LogP contribution in [-0.2, 0) is 12.6 Å². The molecule has 4 heteroatoms. The number of nitrogens with zero attached hydrogens (tertiary/aromatic N) is 1. The average molecular weight is 454 g/mol. The molecule has 0 unspecified atom stereocenters. The van der Waals surface area contributed by atoms with Crippen LogP contribution in [0, 0.1) is 0 Å². The van der Waals surface area contributed by atoms with Crippen molar-refractivity contribution in [3.8, 4) is 33.4 Å². The number of alkyl halides is 3. The van der Waals surface area contributed by atoms with Gasteiger partial charge in [0.25, 0.3) is 0 Å². The molecule has 168 valence electrons. The number of pyridine rings is 1. The zero-order valence-corrected chi connectivity index (χ0v) is 18.6. The number of aromatic nitrogens is 1. The van der Waals surface area contributed by atoms with E-state index in [0.29, 0.717) is 17.5 Å². The summed E-state index contributed by atoms with van der Waals surface area (Å²) in [5, 5.41) is 2.03. The molecule has 0 saturated carbocycles. The first-order chi connectivity index (χ1) is 16.4. The first kappa shape index (κ1) is 21.9. The Hall–Kier alpha value is -3.92. The highest BCUT2D eigenvalue weighted by Crippen LogP contribution is 2.35. The van der Waals surface area contributed by atoms with Crippen molar-refractivity contribution in [2.75, 3.05) is 0 Å². The molecule has 0 spiro atoms. The van der Waals surface area contributed by atoms with Gasteiger partial charge in [-0.05, 0) is 86.5 Å². The van der Waals surface area contributed by atoms with E-state index < -0.39 is 11.7 Å². The summed E-state index contributed by atoms with van der Waals surface area (Å²) >= 11 is 0. The second kappa shape index (κ2) is 8.79. The molecule has 5 aromatic rings. The summed E-state index contributed by atoms with van der Waals surface area (Å²) in [6.07, 6.45) is -0.233. The van der Waals surface area contributed by atoms with Gasteiger partial charge in [0.05, 0.1) is 5.56 Å². The van der Waals surface area contributed by atoms with E-state index in [4.69, 9.17) is 0 Å². The number of hydrogen-bond donors (Lipinski definition) is 0. The summed E-state index contributed by atoms with van der Waals surface area (Å²) in [7, 11) is 0. The monoisotopic (exact) mass is 453 g/mol. The molecule has 0 aliphatic carbocycles.